The molecule has 0 aliphatic carbocycles. The molecule has 1 aromatic rings. The van der Waals surface area contributed by atoms with Crippen LogP contribution in [0, 0.1) is 5.82 Å². The minimum Gasteiger partial charge on any atom is -0.392 e. The van der Waals surface area contributed by atoms with E-state index in [0.717, 1.165) is 5.57 Å². The molecular formula is C10H11FO. The van der Waals surface area contributed by atoms with Crippen molar-refractivity contribution in [3.8, 4) is 0 Å². The number of aliphatic hydroxyl groups excluding tert-OH is 1. The van der Waals surface area contributed by atoms with E-state index in [-0.39, 0.29) is 12.4 Å². The van der Waals surface area contributed by atoms with Crippen LogP contribution in [-0.2, 0) is 0 Å². The number of rotatable bonds is 2. The summed E-state index contributed by atoms with van der Waals surface area (Å²) in [5, 5.41) is 8.70. The molecular weight excluding hydrogens is 155 g/mol. The van der Waals surface area contributed by atoms with Gasteiger partial charge in [-0.3, -0.25) is 0 Å². The summed E-state index contributed by atoms with van der Waals surface area (Å²) in [6.45, 7) is 1.72. The lowest BCUT2D eigenvalue weighted by molar-refractivity contribution is 0.332. The van der Waals surface area contributed by atoms with Gasteiger partial charge in [-0.1, -0.05) is 24.3 Å². The van der Waals surface area contributed by atoms with E-state index in [1.54, 1.807) is 31.2 Å². The van der Waals surface area contributed by atoms with Gasteiger partial charge in [-0.05, 0) is 18.6 Å². The van der Waals surface area contributed by atoms with Crippen LogP contribution in [0.15, 0.2) is 29.8 Å². The van der Waals surface area contributed by atoms with Crippen molar-refractivity contribution in [2.75, 3.05) is 6.61 Å². The van der Waals surface area contributed by atoms with E-state index >= 15 is 0 Å². The summed E-state index contributed by atoms with van der Waals surface area (Å²) in [7, 11) is 0. The highest BCUT2D eigenvalue weighted by Crippen LogP contribution is 2.10. The maximum Gasteiger partial charge on any atom is 0.130 e. The Kier molecular flexibility index (Phi) is 3.00. The van der Waals surface area contributed by atoms with Crippen molar-refractivity contribution < 1.29 is 9.50 Å². The standard InChI is InChI=1S/C10H11FO/c1-8(7-12)6-9-4-2-3-5-10(9)11/h2-6,12H,7H2,1H3/b8-6-. The molecule has 0 bridgehead atoms. The number of benzene rings is 1. The molecule has 0 aliphatic heterocycles. The van der Waals surface area contributed by atoms with Gasteiger partial charge in [0.1, 0.15) is 5.82 Å². The first-order valence-corrected chi connectivity index (χ1v) is 3.76. The van der Waals surface area contributed by atoms with Gasteiger partial charge in [0.05, 0.1) is 6.61 Å². The summed E-state index contributed by atoms with van der Waals surface area (Å²) in [5.41, 5.74) is 1.27. The first kappa shape index (κ1) is 8.94. The van der Waals surface area contributed by atoms with Crippen LogP contribution in [0.2, 0.25) is 0 Å². The molecule has 1 nitrogen and oxygen atoms in total. The molecule has 0 aliphatic rings. The normalized spacial score (nSPS) is 11.8. The lowest BCUT2D eigenvalue weighted by Crippen LogP contribution is -1.86. The minimum atomic E-state index is -0.259. The quantitative estimate of drug-likeness (QED) is 0.714. The molecule has 0 fully saturated rings. The van der Waals surface area contributed by atoms with E-state index in [2.05, 4.69) is 0 Å². The van der Waals surface area contributed by atoms with Gasteiger partial charge in [-0.25, -0.2) is 4.39 Å². The second-order valence-corrected chi connectivity index (χ2v) is 2.67. The van der Waals surface area contributed by atoms with Crippen LogP contribution in [0.25, 0.3) is 6.08 Å². The van der Waals surface area contributed by atoms with Crippen LogP contribution in [-0.4, -0.2) is 11.7 Å². The summed E-state index contributed by atoms with van der Waals surface area (Å²) in [4.78, 5) is 0. The average molecular weight is 166 g/mol. The SMILES string of the molecule is C/C(=C/c1ccccc1F)CO. The molecule has 0 radical (unpaired) electrons. The fourth-order valence-electron chi connectivity index (χ4n) is 0.903. The number of aliphatic hydroxyl groups is 1. The molecule has 64 valence electrons. The van der Waals surface area contributed by atoms with Gasteiger partial charge >= 0.3 is 0 Å². The maximum absolute atomic E-state index is 13.0. The highest BCUT2D eigenvalue weighted by atomic mass is 19.1. The zero-order chi connectivity index (χ0) is 8.97. The Hall–Kier alpha value is -1.15. The van der Waals surface area contributed by atoms with Crippen molar-refractivity contribution in [2.45, 2.75) is 6.92 Å². The van der Waals surface area contributed by atoms with Gasteiger partial charge in [0, 0.05) is 5.56 Å². The topological polar surface area (TPSA) is 20.2 Å². The van der Waals surface area contributed by atoms with Gasteiger partial charge in [-0.15, -0.1) is 0 Å². The second-order valence-electron chi connectivity index (χ2n) is 2.67. The molecule has 1 rings (SSSR count). The van der Waals surface area contributed by atoms with Crippen molar-refractivity contribution >= 4 is 6.08 Å². The number of hydrogen-bond acceptors (Lipinski definition) is 1. The van der Waals surface area contributed by atoms with Crippen LogP contribution >= 0.6 is 0 Å². The van der Waals surface area contributed by atoms with Crippen molar-refractivity contribution in [1.82, 2.24) is 0 Å². The Labute approximate surface area is 71.2 Å². The average Bonchev–Trinajstić information content (AvgIpc) is 2.09. The predicted molar refractivity (Wildman–Crippen MR) is 47.1 cm³/mol. The molecule has 0 spiro atoms. The molecule has 0 saturated heterocycles. The van der Waals surface area contributed by atoms with Crippen molar-refractivity contribution in [2.24, 2.45) is 0 Å². The molecule has 1 aromatic carbocycles. The van der Waals surface area contributed by atoms with Crippen molar-refractivity contribution in [3.63, 3.8) is 0 Å². The highest BCUT2D eigenvalue weighted by molar-refractivity contribution is 5.52. The van der Waals surface area contributed by atoms with Crippen LogP contribution in [0.1, 0.15) is 12.5 Å². The Morgan fingerprint density at radius 1 is 1.50 bits per heavy atom. The molecule has 0 amide bonds. The molecule has 0 aromatic heterocycles. The molecule has 2 heteroatoms. The molecule has 0 unspecified atom stereocenters. The Bertz CT molecular complexity index is 292. The van der Waals surface area contributed by atoms with E-state index in [0.29, 0.717) is 5.56 Å². The Morgan fingerprint density at radius 2 is 2.17 bits per heavy atom. The maximum atomic E-state index is 13.0. The summed E-state index contributed by atoms with van der Waals surface area (Å²) in [6, 6.07) is 6.48. The Morgan fingerprint density at radius 3 is 2.75 bits per heavy atom. The van der Waals surface area contributed by atoms with Crippen LogP contribution in [0.5, 0.6) is 0 Å². The van der Waals surface area contributed by atoms with Gasteiger partial charge in [0.2, 0.25) is 0 Å². The summed E-state index contributed by atoms with van der Waals surface area (Å²) in [5.74, 6) is -0.259. The number of halogens is 1. The first-order chi connectivity index (χ1) is 5.74. The highest BCUT2D eigenvalue weighted by Gasteiger charge is 1.96. The third-order valence-corrected chi connectivity index (χ3v) is 1.56. The van der Waals surface area contributed by atoms with Crippen molar-refractivity contribution in [3.05, 3.63) is 41.2 Å². The van der Waals surface area contributed by atoms with E-state index in [1.807, 2.05) is 0 Å². The van der Waals surface area contributed by atoms with Gasteiger partial charge in [-0.2, -0.15) is 0 Å². The van der Waals surface area contributed by atoms with E-state index in [9.17, 15) is 4.39 Å². The van der Waals surface area contributed by atoms with Crippen LogP contribution < -0.4 is 0 Å². The second kappa shape index (κ2) is 4.02. The summed E-state index contributed by atoms with van der Waals surface area (Å²) < 4.78 is 13.0. The van der Waals surface area contributed by atoms with Crippen LogP contribution in [0.3, 0.4) is 0 Å². The van der Waals surface area contributed by atoms with Crippen molar-refractivity contribution in [1.29, 1.82) is 0 Å². The Balaban J connectivity index is 2.96. The third kappa shape index (κ3) is 2.17. The van der Waals surface area contributed by atoms with Gasteiger partial charge in [0.15, 0.2) is 0 Å². The summed E-state index contributed by atoms with van der Waals surface area (Å²) in [6.07, 6.45) is 1.63. The van der Waals surface area contributed by atoms with E-state index in [1.165, 1.54) is 6.07 Å². The fraction of sp³-hybridized carbons (Fsp3) is 0.200. The molecule has 1 N–H and O–H groups in total. The van der Waals surface area contributed by atoms with Gasteiger partial charge < -0.3 is 5.11 Å². The zero-order valence-corrected chi connectivity index (χ0v) is 6.92. The lowest BCUT2D eigenvalue weighted by atomic mass is 10.1. The molecule has 0 saturated carbocycles. The van der Waals surface area contributed by atoms with E-state index in [4.69, 9.17) is 5.11 Å². The fourth-order valence-corrected chi connectivity index (χ4v) is 0.903. The van der Waals surface area contributed by atoms with Crippen LogP contribution in [0.4, 0.5) is 4.39 Å². The van der Waals surface area contributed by atoms with Gasteiger partial charge in [0.25, 0.3) is 0 Å². The van der Waals surface area contributed by atoms with E-state index < -0.39 is 0 Å². The zero-order valence-electron chi connectivity index (χ0n) is 6.92. The smallest absolute Gasteiger partial charge is 0.130 e. The lowest BCUT2D eigenvalue weighted by Gasteiger charge is -1.97. The monoisotopic (exact) mass is 166 g/mol. The molecule has 12 heavy (non-hydrogen) atoms. The predicted octanol–water partition coefficient (Wildman–Crippen LogP) is 2.22. The summed E-state index contributed by atoms with van der Waals surface area (Å²) >= 11 is 0. The third-order valence-electron chi connectivity index (χ3n) is 1.56. The molecule has 0 heterocycles. The number of hydrogen-bond donors (Lipinski definition) is 1. The first-order valence-electron chi connectivity index (χ1n) is 3.76. The minimum absolute atomic E-state index is 0.0334. The largest absolute Gasteiger partial charge is 0.392 e. The molecule has 0 atom stereocenters.